The predicted molar refractivity (Wildman–Crippen MR) is 144 cm³/mol. The fraction of sp³-hybridized carbons (Fsp3) is 0.111. The fourth-order valence-corrected chi connectivity index (χ4v) is 5.92. The van der Waals surface area contributed by atoms with Crippen molar-refractivity contribution >= 4 is 61.4 Å². The molecule has 0 unspecified atom stereocenters. The molecule has 9 heteroatoms. The van der Waals surface area contributed by atoms with Gasteiger partial charge in [0.2, 0.25) is 0 Å². The van der Waals surface area contributed by atoms with Crippen LogP contribution in [0.5, 0.6) is 0 Å². The van der Waals surface area contributed by atoms with E-state index in [4.69, 9.17) is 16.3 Å². The third-order valence-electron chi connectivity index (χ3n) is 5.64. The third kappa shape index (κ3) is 4.80. The maximum absolute atomic E-state index is 13.8. The molecular weight excluding hydrogens is 519 g/mol. The number of nitrogens with one attached hydrogen (secondary N) is 1. The van der Waals surface area contributed by atoms with E-state index in [1.54, 1.807) is 25.1 Å². The predicted octanol–water partition coefficient (Wildman–Crippen LogP) is 7.70. The Bertz CT molecular complexity index is 1570. The molecule has 1 N–H and O–H groups in total. The van der Waals surface area contributed by atoms with Crippen molar-refractivity contribution in [3.05, 3.63) is 99.1 Å². The molecule has 0 saturated heterocycles. The number of rotatable bonds is 7. The minimum Gasteiger partial charge on any atom is -0.462 e. The summed E-state index contributed by atoms with van der Waals surface area (Å²) in [6.45, 7) is 2.26. The van der Waals surface area contributed by atoms with Crippen LogP contribution in [0.3, 0.4) is 0 Å². The van der Waals surface area contributed by atoms with E-state index in [0.717, 1.165) is 21.3 Å². The van der Waals surface area contributed by atoms with Gasteiger partial charge in [-0.2, -0.15) is 0 Å². The molecule has 3 heterocycles. The molecule has 0 saturated carbocycles. The van der Waals surface area contributed by atoms with Crippen molar-refractivity contribution in [3.63, 3.8) is 0 Å². The molecule has 0 aliphatic rings. The van der Waals surface area contributed by atoms with Crippen LogP contribution in [0, 0.1) is 5.82 Å². The fourth-order valence-electron chi connectivity index (χ4n) is 4.02. The SMILES string of the molecule is CCOC(=O)c1c(-c2ccc(Cl)cc2)csc1NC(=O)c1cc2sccc2n1Cc1cccc(F)c1. The summed E-state index contributed by atoms with van der Waals surface area (Å²) in [6.07, 6.45) is 0. The van der Waals surface area contributed by atoms with Gasteiger partial charge in [-0.1, -0.05) is 35.9 Å². The lowest BCUT2D eigenvalue weighted by Gasteiger charge is -2.12. The highest BCUT2D eigenvalue weighted by atomic mass is 35.5. The summed E-state index contributed by atoms with van der Waals surface area (Å²) < 4.78 is 21.9. The first-order valence-corrected chi connectivity index (χ1v) is 13.3. The lowest BCUT2D eigenvalue weighted by Crippen LogP contribution is -2.19. The molecule has 182 valence electrons. The first-order chi connectivity index (χ1) is 17.4. The molecule has 36 heavy (non-hydrogen) atoms. The van der Waals surface area contributed by atoms with E-state index in [0.29, 0.717) is 33.4 Å². The monoisotopic (exact) mass is 538 g/mol. The van der Waals surface area contributed by atoms with Crippen LogP contribution < -0.4 is 5.32 Å². The summed E-state index contributed by atoms with van der Waals surface area (Å²) in [6, 6.07) is 17.2. The quantitative estimate of drug-likeness (QED) is 0.216. The average Bonchev–Trinajstić information content (AvgIpc) is 3.56. The van der Waals surface area contributed by atoms with E-state index in [1.807, 2.05) is 45.7 Å². The average molecular weight is 539 g/mol. The number of benzene rings is 2. The molecular formula is C27H20ClFN2O3S2. The molecule has 0 fully saturated rings. The number of esters is 1. The lowest BCUT2D eigenvalue weighted by molar-refractivity contribution is 0.0529. The topological polar surface area (TPSA) is 60.3 Å². The van der Waals surface area contributed by atoms with Crippen LogP contribution in [-0.4, -0.2) is 23.1 Å². The maximum Gasteiger partial charge on any atom is 0.341 e. The first-order valence-electron chi connectivity index (χ1n) is 11.1. The number of aromatic nitrogens is 1. The zero-order chi connectivity index (χ0) is 25.2. The Kier molecular flexibility index (Phi) is 6.91. The van der Waals surface area contributed by atoms with Crippen LogP contribution in [0.15, 0.2) is 71.4 Å². The summed E-state index contributed by atoms with van der Waals surface area (Å²) in [4.78, 5) is 26.4. The number of halogens is 2. The Balaban J connectivity index is 1.52. The zero-order valence-corrected chi connectivity index (χ0v) is 21.5. The van der Waals surface area contributed by atoms with Gasteiger partial charge in [0.25, 0.3) is 5.91 Å². The van der Waals surface area contributed by atoms with Gasteiger partial charge in [-0.25, -0.2) is 9.18 Å². The second-order valence-electron chi connectivity index (χ2n) is 7.95. The van der Waals surface area contributed by atoms with Crippen LogP contribution in [-0.2, 0) is 11.3 Å². The van der Waals surface area contributed by atoms with E-state index < -0.39 is 5.97 Å². The largest absolute Gasteiger partial charge is 0.462 e. The number of thiophene rings is 2. The van der Waals surface area contributed by atoms with Crippen molar-refractivity contribution in [1.82, 2.24) is 4.57 Å². The second kappa shape index (κ2) is 10.3. The van der Waals surface area contributed by atoms with Crippen molar-refractivity contribution < 1.29 is 18.7 Å². The summed E-state index contributed by atoms with van der Waals surface area (Å²) in [5.74, 6) is -1.22. The first kappa shape index (κ1) is 24.2. The van der Waals surface area contributed by atoms with E-state index in [2.05, 4.69) is 5.32 Å². The number of carbonyl (C=O) groups is 2. The normalized spacial score (nSPS) is 11.1. The van der Waals surface area contributed by atoms with E-state index in [1.165, 1.54) is 34.8 Å². The highest BCUT2D eigenvalue weighted by molar-refractivity contribution is 7.17. The van der Waals surface area contributed by atoms with E-state index >= 15 is 0 Å². The molecule has 0 spiro atoms. The standard InChI is InChI=1S/C27H20ClFN2O3S2/c1-2-34-27(33)24-20(17-6-8-18(28)9-7-17)15-36-26(24)30-25(32)22-13-23-21(10-11-35-23)31(22)14-16-4-3-5-19(29)12-16/h3-13,15H,2,14H2,1H3,(H,30,32). The summed E-state index contributed by atoms with van der Waals surface area (Å²) >= 11 is 8.80. The number of nitrogens with zero attached hydrogens (tertiary/aromatic N) is 1. The second-order valence-corrected chi connectivity index (χ2v) is 10.2. The molecule has 0 aliphatic heterocycles. The number of ether oxygens (including phenoxy) is 1. The van der Waals surface area contributed by atoms with Crippen molar-refractivity contribution in [1.29, 1.82) is 0 Å². The van der Waals surface area contributed by atoms with Gasteiger partial charge in [0, 0.05) is 22.5 Å². The minimum absolute atomic E-state index is 0.203. The minimum atomic E-state index is -0.518. The molecule has 5 aromatic rings. The number of hydrogen-bond acceptors (Lipinski definition) is 5. The Morgan fingerprint density at radius 3 is 2.64 bits per heavy atom. The Morgan fingerprint density at radius 1 is 1.08 bits per heavy atom. The molecule has 3 aromatic heterocycles. The number of anilines is 1. The van der Waals surface area contributed by atoms with E-state index in [-0.39, 0.29) is 18.3 Å². The van der Waals surface area contributed by atoms with Gasteiger partial charge >= 0.3 is 5.97 Å². The van der Waals surface area contributed by atoms with Crippen LogP contribution in [0.1, 0.15) is 33.3 Å². The Hall–Kier alpha value is -3.46. The van der Waals surface area contributed by atoms with Gasteiger partial charge in [0.15, 0.2) is 0 Å². The highest BCUT2D eigenvalue weighted by Crippen LogP contribution is 2.37. The van der Waals surface area contributed by atoms with Crippen LogP contribution in [0.2, 0.25) is 5.02 Å². The van der Waals surface area contributed by atoms with E-state index in [9.17, 15) is 14.0 Å². The lowest BCUT2D eigenvalue weighted by atomic mass is 10.0. The van der Waals surface area contributed by atoms with Crippen molar-refractivity contribution in [2.45, 2.75) is 13.5 Å². The van der Waals surface area contributed by atoms with Gasteiger partial charge < -0.3 is 14.6 Å². The van der Waals surface area contributed by atoms with Gasteiger partial charge in [-0.15, -0.1) is 22.7 Å². The summed E-state index contributed by atoms with van der Waals surface area (Å²) in [5.41, 5.74) is 3.77. The molecule has 5 rings (SSSR count). The van der Waals surface area contributed by atoms with Crippen molar-refractivity contribution in [3.8, 4) is 11.1 Å². The van der Waals surface area contributed by atoms with Crippen molar-refractivity contribution in [2.24, 2.45) is 0 Å². The van der Waals surface area contributed by atoms with Gasteiger partial charge in [-0.3, -0.25) is 4.79 Å². The highest BCUT2D eigenvalue weighted by Gasteiger charge is 2.25. The Morgan fingerprint density at radius 2 is 1.89 bits per heavy atom. The third-order valence-corrected chi connectivity index (χ3v) is 7.64. The van der Waals surface area contributed by atoms with Gasteiger partial charge in [-0.05, 0) is 59.8 Å². The van der Waals surface area contributed by atoms with Crippen LogP contribution in [0.25, 0.3) is 21.3 Å². The number of carbonyl (C=O) groups excluding carboxylic acids is 2. The molecule has 5 nitrogen and oxygen atoms in total. The molecule has 0 aliphatic carbocycles. The van der Waals surface area contributed by atoms with Gasteiger partial charge in [0.1, 0.15) is 22.1 Å². The maximum atomic E-state index is 13.8. The summed E-state index contributed by atoms with van der Waals surface area (Å²) in [7, 11) is 0. The summed E-state index contributed by atoms with van der Waals surface area (Å²) in [5, 5.41) is 7.66. The number of fused-ring (bicyclic) bond motifs is 1. The molecule has 0 bridgehead atoms. The van der Waals surface area contributed by atoms with Gasteiger partial charge in [0.05, 0.1) is 16.8 Å². The van der Waals surface area contributed by atoms with Crippen LogP contribution in [0.4, 0.5) is 9.39 Å². The molecule has 0 radical (unpaired) electrons. The smallest absolute Gasteiger partial charge is 0.341 e. The molecule has 2 aromatic carbocycles. The Labute approximate surface area is 219 Å². The molecule has 0 atom stereocenters. The van der Waals surface area contributed by atoms with Crippen molar-refractivity contribution in [2.75, 3.05) is 11.9 Å². The molecule has 1 amide bonds. The zero-order valence-electron chi connectivity index (χ0n) is 19.1. The number of amides is 1. The van der Waals surface area contributed by atoms with Crippen LogP contribution >= 0.6 is 34.3 Å². The number of hydrogen-bond donors (Lipinski definition) is 1.